The number of hydrogen-bond donors (Lipinski definition) is 2. The SMILES string of the molecule is COC(=O)CCCNC(=O)N1CCc2[nH]cnc2[C@H]1c1cccc(Cl)c1. The Kier molecular flexibility index (Phi) is 5.78. The van der Waals surface area contributed by atoms with Crippen LogP contribution in [-0.4, -0.2) is 47.1 Å². The van der Waals surface area contributed by atoms with Gasteiger partial charge in [-0.25, -0.2) is 9.78 Å². The van der Waals surface area contributed by atoms with Gasteiger partial charge in [-0.3, -0.25) is 4.79 Å². The zero-order chi connectivity index (χ0) is 18.5. The van der Waals surface area contributed by atoms with Crippen molar-refractivity contribution in [2.24, 2.45) is 0 Å². The number of nitrogens with one attached hydrogen (secondary N) is 2. The fourth-order valence-corrected chi connectivity index (χ4v) is 3.34. The number of fused-ring (bicyclic) bond motifs is 1. The number of esters is 1. The number of halogens is 1. The van der Waals surface area contributed by atoms with E-state index in [0.29, 0.717) is 31.0 Å². The largest absolute Gasteiger partial charge is 0.469 e. The van der Waals surface area contributed by atoms with Gasteiger partial charge in [0.15, 0.2) is 0 Å². The molecule has 1 aromatic carbocycles. The molecule has 2 amide bonds. The van der Waals surface area contributed by atoms with Crippen molar-refractivity contribution in [1.82, 2.24) is 20.2 Å². The summed E-state index contributed by atoms with van der Waals surface area (Å²) in [6, 6.07) is 6.98. The number of hydrogen-bond acceptors (Lipinski definition) is 4. The van der Waals surface area contributed by atoms with E-state index < -0.39 is 0 Å². The smallest absolute Gasteiger partial charge is 0.318 e. The summed E-state index contributed by atoms with van der Waals surface area (Å²) in [7, 11) is 1.35. The van der Waals surface area contributed by atoms with Crippen molar-refractivity contribution < 1.29 is 14.3 Å². The van der Waals surface area contributed by atoms with Gasteiger partial charge in [0.25, 0.3) is 0 Å². The van der Waals surface area contributed by atoms with Gasteiger partial charge in [-0.05, 0) is 24.1 Å². The third kappa shape index (κ3) is 3.99. The maximum absolute atomic E-state index is 12.7. The van der Waals surface area contributed by atoms with Crippen LogP contribution in [-0.2, 0) is 16.0 Å². The molecular weight excluding hydrogens is 356 g/mol. The molecule has 0 radical (unpaired) electrons. The zero-order valence-electron chi connectivity index (χ0n) is 14.5. The van der Waals surface area contributed by atoms with Crippen LogP contribution in [0.4, 0.5) is 4.79 Å². The molecule has 3 rings (SSSR count). The average Bonchev–Trinajstić information content (AvgIpc) is 3.12. The first-order valence-electron chi connectivity index (χ1n) is 8.49. The van der Waals surface area contributed by atoms with Gasteiger partial charge in [-0.15, -0.1) is 0 Å². The summed E-state index contributed by atoms with van der Waals surface area (Å²) in [5.41, 5.74) is 2.78. The van der Waals surface area contributed by atoms with Crippen molar-refractivity contribution in [3.05, 3.63) is 52.6 Å². The van der Waals surface area contributed by atoms with Gasteiger partial charge in [0.1, 0.15) is 6.04 Å². The molecule has 138 valence electrons. The van der Waals surface area contributed by atoms with Crippen molar-refractivity contribution in [2.45, 2.75) is 25.3 Å². The highest BCUT2D eigenvalue weighted by Gasteiger charge is 2.34. The van der Waals surface area contributed by atoms with E-state index in [-0.39, 0.29) is 24.5 Å². The van der Waals surface area contributed by atoms with E-state index in [1.54, 1.807) is 17.3 Å². The number of urea groups is 1. The van der Waals surface area contributed by atoms with Crippen LogP contribution in [0.15, 0.2) is 30.6 Å². The number of carbonyl (C=O) groups is 2. The normalized spacial score (nSPS) is 16.1. The van der Waals surface area contributed by atoms with Crippen LogP contribution in [0.2, 0.25) is 5.02 Å². The fraction of sp³-hybridized carbons (Fsp3) is 0.389. The number of carbonyl (C=O) groups excluding carboxylic acids is 2. The Bertz CT molecular complexity index is 792. The lowest BCUT2D eigenvalue weighted by atomic mass is 9.96. The predicted molar refractivity (Wildman–Crippen MR) is 96.9 cm³/mol. The number of aromatic nitrogens is 2. The van der Waals surface area contributed by atoms with E-state index in [1.807, 2.05) is 18.2 Å². The number of imidazole rings is 1. The Morgan fingerprint density at radius 3 is 3.08 bits per heavy atom. The molecule has 0 saturated heterocycles. The number of H-pyrrole nitrogens is 1. The van der Waals surface area contributed by atoms with E-state index in [1.165, 1.54) is 7.11 Å². The van der Waals surface area contributed by atoms with E-state index >= 15 is 0 Å². The Morgan fingerprint density at radius 2 is 2.31 bits per heavy atom. The van der Waals surface area contributed by atoms with Crippen molar-refractivity contribution in [3.8, 4) is 0 Å². The first-order valence-corrected chi connectivity index (χ1v) is 8.87. The molecular formula is C18H21ClN4O3. The molecule has 0 unspecified atom stereocenters. The van der Waals surface area contributed by atoms with Crippen LogP contribution in [0.1, 0.15) is 35.8 Å². The summed E-state index contributed by atoms with van der Waals surface area (Å²) in [5.74, 6) is -0.282. The lowest BCUT2D eigenvalue weighted by Gasteiger charge is -2.35. The third-order valence-electron chi connectivity index (χ3n) is 4.41. The van der Waals surface area contributed by atoms with Crippen molar-refractivity contribution >= 4 is 23.6 Å². The van der Waals surface area contributed by atoms with E-state index in [9.17, 15) is 9.59 Å². The predicted octanol–water partition coefficient (Wildman–Crippen LogP) is 2.67. The summed E-state index contributed by atoms with van der Waals surface area (Å²) < 4.78 is 4.60. The highest BCUT2D eigenvalue weighted by Crippen LogP contribution is 2.34. The van der Waals surface area contributed by atoms with Crippen molar-refractivity contribution in [3.63, 3.8) is 0 Å². The molecule has 2 heterocycles. The van der Waals surface area contributed by atoms with Gasteiger partial charge in [0.05, 0.1) is 19.1 Å². The Hall–Kier alpha value is -2.54. The summed E-state index contributed by atoms with van der Waals surface area (Å²) >= 11 is 6.15. The van der Waals surface area contributed by atoms with Crippen LogP contribution in [0.25, 0.3) is 0 Å². The molecule has 0 saturated carbocycles. The van der Waals surface area contributed by atoms with Crippen LogP contribution in [0, 0.1) is 0 Å². The standard InChI is InChI=1S/C18H21ClN4O3/c1-26-15(24)6-3-8-20-18(25)23-9-7-14-16(22-11-21-14)17(23)12-4-2-5-13(19)10-12/h2,4-5,10-11,17H,3,6-9H2,1H3,(H,20,25)(H,21,22)/t17-/m1/s1. The molecule has 26 heavy (non-hydrogen) atoms. The topological polar surface area (TPSA) is 87.3 Å². The fourth-order valence-electron chi connectivity index (χ4n) is 3.14. The summed E-state index contributed by atoms with van der Waals surface area (Å²) in [6.45, 7) is 0.968. The van der Waals surface area contributed by atoms with Crippen LogP contribution in [0.5, 0.6) is 0 Å². The molecule has 0 spiro atoms. The minimum atomic E-state index is -0.302. The molecule has 0 fully saturated rings. The maximum Gasteiger partial charge on any atom is 0.318 e. The second kappa shape index (κ2) is 8.23. The second-order valence-corrected chi connectivity index (χ2v) is 6.52. The minimum absolute atomic E-state index is 0.187. The lowest BCUT2D eigenvalue weighted by Crippen LogP contribution is -2.46. The van der Waals surface area contributed by atoms with E-state index in [4.69, 9.17) is 11.6 Å². The van der Waals surface area contributed by atoms with Gasteiger partial charge >= 0.3 is 12.0 Å². The van der Waals surface area contributed by atoms with E-state index in [2.05, 4.69) is 20.0 Å². The van der Waals surface area contributed by atoms with Gasteiger partial charge in [0.2, 0.25) is 0 Å². The monoisotopic (exact) mass is 376 g/mol. The van der Waals surface area contributed by atoms with Gasteiger partial charge < -0.3 is 19.9 Å². The van der Waals surface area contributed by atoms with Crippen molar-refractivity contribution in [1.29, 1.82) is 0 Å². The number of rotatable bonds is 5. The maximum atomic E-state index is 12.7. The van der Waals surface area contributed by atoms with Crippen LogP contribution < -0.4 is 5.32 Å². The molecule has 1 aliphatic heterocycles. The highest BCUT2D eigenvalue weighted by molar-refractivity contribution is 6.30. The quantitative estimate of drug-likeness (QED) is 0.620. The van der Waals surface area contributed by atoms with Crippen LogP contribution >= 0.6 is 11.6 Å². The van der Waals surface area contributed by atoms with Gasteiger partial charge in [0, 0.05) is 36.6 Å². The lowest BCUT2D eigenvalue weighted by molar-refractivity contribution is -0.140. The Labute approximate surface area is 156 Å². The minimum Gasteiger partial charge on any atom is -0.469 e. The Morgan fingerprint density at radius 1 is 1.46 bits per heavy atom. The molecule has 2 N–H and O–H groups in total. The third-order valence-corrected chi connectivity index (χ3v) is 4.65. The van der Waals surface area contributed by atoms with Crippen LogP contribution in [0.3, 0.4) is 0 Å². The number of nitrogens with zero attached hydrogens (tertiary/aromatic N) is 2. The van der Waals surface area contributed by atoms with Gasteiger partial charge in [-0.2, -0.15) is 0 Å². The average molecular weight is 377 g/mol. The molecule has 1 atom stereocenters. The molecule has 1 aliphatic rings. The summed E-state index contributed by atoms with van der Waals surface area (Å²) in [6.07, 6.45) is 3.17. The number of methoxy groups -OCH3 is 1. The number of ether oxygens (including phenoxy) is 1. The van der Waals surface area contributed by atoms with E-state index in [0.717, 1.165) is 17.0 Å². The molecule has 7 nitrogen and oxygen atoms in total. The Balaban J connectivity index is 1.75. The molecule has 2 aromatic rings. The molecule has 1 aromatic heterocycles. The summed E-state index contributed by atoms with van der Waals surface area (Å²) in [5, 5.41) is 3.49. The number of aromatic amines is 1. The number of amides is 2. The first-order chi connectivity index (χ1) is 12.6. The molecule has 0 bridgehead atoms. The number of benzene rings is 1. The highest BCUT2D eigenvalue weighted by atomic mass is 35.5. The molecule has 8 heteroatoms. The van der Waals surface area contributed by atoms with Gasteiger partial charge in [-0.1, -0.05) is 23.7 Å². The molecule has 0 aliphatic carbocycles. The first kappa shape index (κ1) is 18.3. The van der Waals surface area contributed by atoms with Crippen molar-refractivity contribution in [2.75, 3.05) is 20.2 Å². The second-order valence-electron chi connectivity index (χ2n) is 6.08. The summed E-state index contributed by atoms with van der Waals surface area (Å²) in [4.78, 5) is 33.2. The zero-order valence-corrected chi connectivity index (χ0v) is 15.3.